The molecule has 21 heavy (non-hydrogen) atoms. The molecule has 1 unspecified atom stereocenters. The van der Waals surface area contributed by atoms with Crippen molar-refractivity contribution in [3.05, 3.63) is 33.6 Å². The van der Waals surface area contributed by atoms with Crippen LogP contribution in [0.25, 0.3) is 0 Å². The van der Waals surface area contributed by atoms with Gasteiger partial charge in [0.05, 0.1) is 6.04 Å². The molecule has 5 nitrogen and oxygen atoms in total. The van der Waals surface area contributed by atoms with Gasteiger partial charge in [-0.3, -0.25) is 0 Å². The fraction of sp³-hybridized carbons (Fsp3) is 0.600. The molecule has 114 valence electrons. The van der Waals surface area contributed by atoms with Crippen molar-refractivity contribution >= 4 is 11.3 Å². The minimum atomic E-state index is 0.109. The molecule has 2 aromatic heterocycles. The van der Waals surface area contributed by atoms with Crippen LogP contribution in [-0.2, 0) is 11.3 Å². The summed E-state index contributed by atoms with van der Waals surface area (Å²) >= 11 is 1.82. The fourth-order valence-corrected chi connectivity index (χ4v) is 3.58. The van der Waals surface area contributed by atoms with E-state index < -0.39 is 0 Å². The number of hydrogen-bond acceptors (Lipinski definition) is 6. The number of nitrogens with one attached hydrogen (secondary N) is 1. The SMILES string of the molecule is Cc1noc(C(NCc2ccc(C)s2)C2CCOCC2)n1. The molecule has 1 atom stereocenters. The maximum absolute atomic E-state index is 5.46. The van der Waals surface area contributed by atoms with E-state index in [9.17, 15) is 0 Å². The van der Waals surface area contributed by atoms with Crippen molar-refractivity contribution in [1.82, 2.24) is 15.5 Å². The van der Waals surface area contributed by atoms with Gasteiger partial charge in [0, 0.05) is 29.5 Å². The number of aromatic nitrogens is 2. The zero-order valence-corrected chi connectivity index (χ0v) is 13.3. The van der Waals surface area contributed by atoms with Crippen LogP contribution in [0.1, 0.15) is 40.4 Å². The second-order valence-electron chi connectivity index (χ2n) is 5.50. The molecule has 1 aliphatic rings. The predicted molar refractivity (Wildman–Crippen MR) is 81.2 cm³/mol. The van der Waals surface area contributed by atoms with Crippen molar-refractivity contribution in [3.63, 3.8) is 0 Å². The molecule has 2 aromatic rings. The van der Waals surface area contributed by atoms with E-state index in [0.29, 0.717) is 17.6 Å². The first-order chi connectivity index (χ1) is 10.2. The number of aryl methyl sites for hydroxylation is 2. The Hall–Kier alpha value is -1.24. The smallest absolute Gasteiger partial charge is 0.244 e. The lowest BCUT2D eigenvalue weighted by Gasteiger charge is -2.28. The molecule has 1 aliphatic heterocycles. The standard InChI is InChI=1S/C15H21N3O2S/c1-10-3-4-13(21-10)9-16-14(12-5-7-19-8-6-12)15-17-11(2)18-20-15/h3-4,12,14,16H,5-9H2,1-2H3. The van der Waals surface area contributed by atoms with Crippen molar-refractivity contribution in [2.24, 2.45) is 5.92 Å². The van der Waals surface area contributed by atoms with E-state index in [4.69, 9.17) is 9.26 Å². The quantitative estimate of drug-likeness (QED) is 0.920. The van der Waals surface area contributed by atoms with Gasteiger partial charge >= 0.3 is 0 Å². The van der Waals surface area contributed by atoms with Crippen LogP contribution in [0, 0.1) is 19.8 Å². The first kappa shape index (κ1) is 14.7. The van der Waals surface area contributed by atoms with Crippen molar-refractivity contribution in [2.45, 2.75) is 39.3 Å². The van der Waals surface area contributed by atoms with E-state index in [1.165, 1.54) is 9.75 Å². The molecule has 0 bridgehead atoms. The molecular weight excluding hydrogens is 286 g/mol. The third kappa shape index (κ3) is 3.70. The zero-order chi connectivity index (χ0) is 14.7. The van der Waals surface area contributed by atoms with Crippen LogP contribution in [0.5, 0.6) is 0 Å². The normalized spacial score (nSPS) is 18.0. The lowest BCUT2D eigenvalue weighted by Crippen LogP contribution is -2.32. The monoisotopic (exact) mass is 307 g/mol. The summed E-state index contributed by atoms with van der Waals surface area (Å²) in [5.41, 5.74) is 0. The Morgan fingerprint density at radius 3 is 2.76 bits per heavy atom. The van der Waals surface area contributed by atoms with Crippen LogP contribution in [0.15, 0.2) is 16.7 Å². The summed E-state index contributed by atoms with van der Waals surface area (Å²) in [5.74, 6) is 1.88. The van der Waals surface area contributed by atoms with E-state index in [-0.39, 0.29) is 6.04 Å². The molecule has 0 amide bonds. The predicted octanol–water partition coefficient (Wildman–Crippen LogP) is 3.01. The minimum Gasteiger partial charge on any atom is -0.381 e. The Morgan fingerprint density at radius 1 is 1.33 bits per heavy atom. The van der Waals surface area contributed by atoms with Crippen LogP contribution in [0.3, 0.4) is 0 Å². The van der Waals surface area contributed by atoms with Crippen LogP contribution < -0.4 is 5.32 Å². The molecule has 6 heteroatoms. The first-order valence-corrected chi connectivity index (χ1v) is 8.20. The summed E-state index contributed by atoms with van der Waals surface area (Å²) in [7, 11) is 0. The molecule has 1 fully saturated rings. The lowest BCUT2D eigenvalue weighted by atomic mass is 9.91. The fourth-order valence-electron chi connectivity index (χ4n) is 2.73. The molecule has 3 rings (SSSR count). The van der Waals surface area contributed by atoms with E-state index in [0.717, 1.165) is 32.6 Å². The number of hydrogen-bond donors (Lipinski definition) is 1. The van der Waals surface area contributed by atoms with Gasteiger partial charge in [-0.1, -0.05) is 5.16 Å². The maximum Gasteiger partial charge on any atom is 0.244 e. The van der Waals surface area contributed by atoms with Crippen LogP contribution in [0.4, 0.5) is 0 Å². The van der Waals surface area contributed by atoms with Crippen molar-refractivity contribution < 1.29 is 9.26 Å². The Kier molecular flexibility index (Phi) is 4.67. The van der Waals surface area contributed by atoms with Gasteiger partial charge in [-0.2, -0.15) is 4.98 Å². The number of thiophene rings is 1. The molecule has 3 heterocycles. The van der Waals surface area contributed by atoms with E-state index in [1.54, 1.807) is 0 Å². The third-order valence-corrected chi connectivity index (χ3v) is 4.84. The Labute approximate surface area is 128 Å². The van der Waals surface area contributed by atoms with Crippen LogP contribution >= 0.6 is 11.3 Å². The summed E-state index contributed by atoms with van der Waals surface area (Å²) in [6, 6.07) is 4.44. The summed E-state index contributed by atoms with van der Waals surface area (Å²) in [4.78, 5) is 7.10. The summed E-state index contributed by atoms with van der Waals surface area (Å²) in [6.07, 6.45) is 2.06. The number of ether oxygens (including phenoxy) is 1. The highest BCUT2D eigenvalue weighted by Gasteiger charge is 2.29. The average molecular weight is 307 g/mol. The zero-order valence-electron chi connectivity index (χ0n) is 12.5. The van der Waals surface area contributed by atoms with Gasteiger partial charge in [0.2, 0.25) is 5.89 Å². The third-order valence-electron chi connectivity index (χ3n) is 3.84. The molecule has 0 aromatic carbocycles. The summed E-state index contributed by atoms with van der Waals surface area (Å²) < 4.78 is 10.9. The Balaban J connectivity index is 1.71. The van der Waals surface area contributed by atoms with E-state index in [2.05, 4.69) is 34.5 Å². The van der Waals surface area contributed by atoms with Gasteiger partial charge in [-0.05, 0) is 44.7 Å². The lowest BCUT2D eigenvalue weighted by molar-refractivity contribution is 0.0486. The second-order valence-corrected chi connectivity index (χ2v) is 6.87. The van der Waals surface area contributed by atoms with Gasteiger partial charge in [0.1, 0.15) is 0 Å². The Bertz CT molecular complexity index is 575. The van der Waals surface area contributed by atoms with E-state index >= 15 is 0 Å². The molecule has 0 saturated carbocycles. The van der Waals surface area contributed by atoms with Crippen molar-refractivity contribution in [3.8, 4) is 0 Å². The highest BCUT2D eigenvalue weighted by Crippen LogP contribution is 2.30. The van der Waals surface area contributed by atoms with Gasteiger partial charge in [-0.15, -0.1) is 11.3 Å². The van der Waals surface area contributed by atoms with Gasteiger partial charge in [0.15, 0.2) is 5.82 Å². The highest BCUT2D eigenvalue weighted by molar-refractivity contribution is 7.11. The van der Waals surface area contributed by atoms with Gasteiger partial charge in [-0.25, -0.2) is 0 Å². The minimum absolute atomic E-state index is 0.109. The molecule has 0 radical (unpaired) electrons. The Morgan fingerprint density at radius 2 is 2.14 bits per heavy atom. The molecule has 1 saturated heterocycles. The van der Waals surface area contributed by atoms with E-state index in [1.807, 2.05) is 18.3 Å². The van der Waals surface area contributed by atoms with Gasteiger partial charge < -0.3 is 14.6 Å². The molecule has 0 spiro atoms. The second kappa shape index (κ2) is 6.68. The number of rotatable bonds is 5. The summed E-state index contributed by atoms with van der Waals surface area (Å²) in [5, 5.41) is 7.54. The average Bonchev–Trinajstić information content (AvgIpc) is 3.09. The van der Waals surface area contributed by atoms with Crippen molar-refractivity contribution in [2.75, 3.05) is 13.2 Å². The molecule has 1 N–H and O–H groups in total. The number of nitrogens with zero attached hydrogens (tertiary/aromatic N) is 2. The van der Waals surface area contributed by atoms with Crippen LogP contribution in [0.2, 0.25) is 0 Å². The highest BCUT2D eigenvalue weighted by atomic mass is 32.1. The summed E-state index contributed by atoms with van der Waals surface area (Å²) in [6.45, 7) is 6.45. The van der Waals surface area contributed by atoms with Crippen LogP contribution in [-0.4, -0.2) is 23.4 Å². The first-order valence-electron chi connectivity index (χ1n) is 7.39. The maximum atomic E-state index is 5.46. The largest absolute Gasteiger partial charge is 0.381 e. The van der Waals surface area contributed by atoms with Gasteiger partial charge in [0.25, 0.3) is 0 Å². The molecular formula is C15H21N3O2S. The topological polar surface area (TPSA) is 60.2 Å². The van der Waals surface area contributed by atoms with Crippen molar-refractivity contribution in [1.29, 1.82) is 0 Å². The molecule has 0 aliphatic carbocycles.